The molecule has 0 saturated heterocycles. The van der Waals surface area contributed by atoms with Gasteiger partial charge in [0.05, 0.1) is 25.6 Å². The number of hydrogen-bond donors (Lipinski definition) is 0. The molecule has 0 fully saturated rings. The Balaban J connectivity index is 2.39. The molecule has 0 aliphatic heterocycles. The van der Waals surface area contributed by atoms with Crippen molar-refractivity contribution in [3.05, 3.63) is 53.7 Å². The van der Waals surface area contributed by atoms with Gasteiger partial charge in [0.1, 0.15) is 12.0 Å². The average molecular weight is 316 g/mol. The highest BCUT2D eigenvalue weighted by molar-refractivity contribution is 5.86. The van der Waals surface area contributed by atoms with Crippen molar-refractivity contribution in [3.63, 3.8) is 0 Å². The van der Waals surface area contributed by atoms with Crippen molar-refractivity contribution in [1.82, 2.24) is 9.78 Å². The van der Waals surface area contributed by atoms with Gasteiger partial charge in [0.2, 0.25) is 5.76 Å². The van der Waals surface area contributed by atoms with Crippen molar-refractivity contribution in [2.75, 3.05) is 14.2 Å². The molecule has 1 aromatic carbocycles. The first-order valence-corrected chi connectivity index (χ1v) is 7.23. The number of aromatic nitrogens is 2. The quantitative estimate of drug-likeness (QED) is 0.466. The highest BCUT2D eigenvalue weighted by Crippen LogP contribution is 2.25. The first kappa shape index (κ1) is 16.6. The molecule has 23 heavy (non-hydrogen) atoms. The number of esters is 1. The third-order valence-corrected chi connectivity index (χ3v) is 3.25. The lowest BCUT2D eigenvalue weighted by Crippen LogP contribution is -2.12. The first-order valence-electron chi connectivity index (χ1n) is 7.23. The Kier molecular flexibility index (Phi) is 5.41. The van der Waals surface area contributed by atoms with Gasteiger partial charge in [0.25, 0.3) is 0 Å². The van der Waals surface area contributed by atoms with Gasteiger partial charge in [0.15, 0.2) is 0 Å². The number of nitrogens with zero attached hydrogens (tertiary/aromatic N) is 2. The molecule has 1 heterocycles. The monoisotopic (exact) mass is 316 g/mol. The number of hydrogen-bond acceptors (Lipinski definition) is 5. The number of aryl methyl sites for hydroxylation is 2. The number of methoxy groups -OCH3 is 2. The lowest BCUT2D eigenvalue weighted by molar-refractivity contribution is -0.138. The molecule has 2 rings (SSSR count). The third-order valence-electron chi connectivity index (χ3n) is 3.25. The van der Waals surface area contributed by atoms with Gasteiger partial charge in [-0.15, -0.1) is 0 Å². The minimum absolute atomic E-state index is 0.0153. The summed E-state index contributed by atoms with van der Waals surface area (Å²) in [5, 5.41) is 4.37. The normalized spacial score (nSPS) is 11.2. The summed E-state index contributed by atoms with van der Waals surface area (Å²) in [7, 11) is 2.73. The van der Waals surface area contributed by atoms with Crippen LogP contribution in [-0.2, 0) is 20.7 Å². The van der Waals surface area contributed by atoms with Crippen LogP contribution in [0.3, 0.4) is 0 Å². The van der Waals surface area contributed by atoms with Gasteiger partial charge in [-0.2, -0.15) is 5.10 Å². The molecule has 1 aromatic heterocycles. The van der Waals surface area contributed by atoms with Crippen LogP contribution in [0, 0.1) is 6.92 Å². The molecule has 0 spiro atoms. The first-order chi connectivity index (χ1) is 11.1. The predicted octanol–water partition coefficient (Wildman–Crippen LogP) is 2.78. The molecular formula is C17H20N2O4. The van der Waals surface area contributed by atoms with Crippen LogP contribution in [-0.4, -0.2) is 30.0 Å². The van der Waals surface area contributed by atoms with E-state index in [0.717, 1.165) is 23.4 Å². The van der Waals surface area contributed by atoms with Crippen LogP contribution in [0.15, 0.2) is 42.5 Å². The molecule has 6 heteroatoms. The Bertz CT molecular complexity index is 719. The molecule has 0 aliphatic carbocycles. The summed E-state index contributed by atoms with van der Waals surface area (Å²) in [6.45, 7) is 3.93. The van der Waals surface area contributed by atoms with E-state index in [9.17, 15) is 4.79 Å². The zero-order chi connectivity index (χ0) is 16.8. The fourth-order valence-corrected chi connectivity index (χ4v) is 2.07. The van der Waals surface area contributed by atoms with Crippen molar-refractivity contribution in [2.45, 2.75) is 20.3 Å². The van der Waals surface area contributed by atoms with E-state index in [1.165, 1.54) is 20.5 Å². The van der Waals surface area contributed by atoms with Crippen molar-refractivity contribution < 1.29 is 19.0 Å². The predicted molar refractivity (Wildman–Crippen MR) is 85.4 cm³/mol. The van der Waals surface area contributed by atoms with Gasteiger partial charge < -0.3 is 14.2 Å². The fourth-order valence-electron chi connectivity index (χ4n) is 2.07. The number of benzene rings is 1. The van der Waals surface area contributed by atoms with Crippen LogP contribution >= 0.6 is 0 Å². The Labute approximate surface area is 135 Å². The minimum atomic E-state index is -0.603. The van der Waals surface area contributed by atoms with Gasteiger partial charge in [-0.3, -0.25) is 0 Å². The van der Waals surface area contributed by atoms with Crippen LogP contribution < -0.4 is 4.74 Å². The standard InChI is InChI=1S/C17H20N2O4/c1-5-13-6-7-14(19-9-8-12(2)18-19)10-15(13)23-16(11-21-3)17(20)22-4/h6-11H,5H2,1-4H3/b16-11-. The van der Waals surface area contributed by atoms with E-state index in [4.69, 9.17) is 14.2 Å². The summed E-state index contributed by atoms with van der Waals surface area (Å²) in [5.41, 5.74) is 2.72. The second-order valence-electron chi connectivity index (χ2n) is 4.86. The maximum Gasteiger partial charge on any atom is 0.377 e. The molecule has 0 N–H and O–H groups in total. The van der Waals surface area contributed by atoms with E-state index < -0.39 is 5.97 Å². The Morgan fingerprint density at radius 3 is 2.65 bits per heavy atom. The average Bonchev–Trinajstić information content (AvgIpc) is 3.00. The summed E-state index contributed by atoms with van der Waals surface area (Å²) < 4.78 is 17.1. The Morgan fingerprint density at radius 1 is 1.30 bits per heavy atom. The summed E-state index contributed by atoms with van der Waals surface area (Å²) in [4.78, 5) is 11.8. The Hall–Kier alpha value is -2.76. The molecule has 0 saturated carbocycles. The van der Waals surface area contributed by atoms with E-state index in [1.54, 1.807) is 4.68 Å². The van der Waals surface area contributed by atoms with Gasteiger partial charge in [-0.1, -0.05) is 13.0 Å². The van der Waals surface area contributed by atoms with Gasteiger partial charge in [-0.05, 0) is 31.0 Å². The zero-order valence-electron chi connectivity index (χ0n) is 13.7. The molecule has 122 valence electrons. The summed E-state index contributed by atoms with van der Waals surface area (Å²) in [6.07, 6.45) is 3.84. The molecule has 0 amide bonds. The minimum Gasteiger partial charge on any atom is -0.500 e. The second kappa shape index (κ2) is 7.49. The van der Waals surface area contributed by atoms with E-state index in [0.29, 0.717) is 5.75 Å². The lowest BCUT2D eigenvalue weighted by Gasteiger charge is -2.13. The number of carbonyl (C=O) groups excluding carboxylic acids is 1. The van der Waals surface area contributed by atoms with Gasteiger partial charge in [0, 0.05) is 12.3 Å². The second-order valence-corrected chi connectivity index (χ2v) is 4.86. The molecular weight excluding hydrogens is 296 g/mol. The maximum absolute atomic E-state index is 11.8. The number of carbonyl (C=O) groups is 1. The highest BCUT2D eigenvalue weighted by atomic mass is 16.6. The van der Waals surface area contributed by atoms with Gasteiger partial charge in [-0.25, -0.2) is 9.48 Å². The molecule has 6 nitrogen and oxygen atoms in total. The highest BCUT2D eigenvalue weighted by Gasteiger charge is 2.16. The van der Waals surface area contributed by atoms with Gasteiger partial charge >= 0.3 is 5.97 Å². The summed E-state index contributed by atoms with van der Waals surface area (Å²) in [6, 6.07) is 7.65. The topological polar surface area (TPSA) is 62.6 Å². The molecule has 0 bridgehead atoms. The number of rotatable bonds is 6. The van der Waals surface area contributed by atoms with Crippen LogP contribution in [0.5, 0.6) is 5.75 Å². The van der Waals surface area contributed by atoms with Crippen molar-refractivity contribution >= 4 is 5.97 Å². The van der Waals surface area contributed by atoms with Crippen LogP contribution in [0.4, 0.5) is 0 Å². The van der Waals surface area contributed by atoms with Crippen LogP contribution in [0.1, 0.15) is 18.2 Å². The van der Waals surface area contributed by atoms with E-state index in [2.05, 4.69) is 5.10 Å². The molecule has 0 atom stereocenters. The molecule has 0 unspecified atom stereocenters. The SMILES string of the molecule is CCc1ccc(-n2ccc(C)n2)cc1O/C(=C\OC)C(=O)OC. The number of ether oxygens (including phenoxy) is 3. The summed E-state index contributed by atoms with van der Waals surface area (Å²) in [5.74, 6) is -0.0559. The maximum atomic E-state index is 11.8. The van der Waals surface area contributed by atoms with Crippen LogP contribution in [0.25, 0.3) is 5.69 Å². The van der Waals surface area contributed by atoms with Crippen molar-refractivity contribution in [1.29, 1.82) is 0 Å². The largest absolute Gasteiger partial charge is 0.500 e. The lowest BCUT2D eigenvalue weighted by atomic mass is 10.1. The zero-order valence-corrected chi connectivity index (χ0v) is 13.7. The summed E-state index contributed by atoms with van der Waals surface area (Å²) >= 11 is 0. The van der Waals surface area contributed by atoms with E-state index in [-0.39, 0.29) is 5.76 Å². The van der Waals surface area contributed by atoms with E-state index >= 15 is 0 Å². The van der Waals surface area contributed by atoms with E-state index in [1.807, 2.05) is 44.3 Å². The van der Waals surface area contributed by atoms with Crippen LogP contribution in [0.2, 0.25) is 0 Å². The Morgan fingerprint density at radius 2 is 2.09 bits per heavy atom. The molecule has 0 radical (unpaired) electrons. The van der Waals surface area contributed by atoms with Crippen molar-refractivity contribution in [2.24, 2.45) is 0 Å². The third kappa shape index (κ3) is 3.91. The molecule has 0 aliphatic rings. The van der Waals surface area contributed by atoms with Crippen molar-refractivity contribution in [3.8, 4) is 11.4 Å². The molecule has 2 aromatic rings. The smallest absolute Gasteiger partial charge is 0.377 e. The fraction of sp³-hybridized carbons (Fsp3) is 0.294.